The summed E-state index contributed by atoms with van der Waals surface area (Å²) in [5, 5.41) is 21.8. The number of nitro benzene ring substituents is 1. The molecule has 0 saturated carbocycles. The van der Waals surface area contributed by atoms with Crippen LogP contribution in [0.2, 0.25) is 0 Å². The lowest BCUT2D eigenvalue weighted by atomic mass is 10.1. The van der Waals surface area contributed by atoms with E-state index in [2.05, 4.69) is 15.5 Å². The largest absolute Gasteiger partial charge is 0.319 e. The Balaban J connectivity index is 1.92. The van der Waals surface area contributed by atoms with E-state index < -0.39 is 10.2 Å². The lowest BCUT2D eigenvalue weighted by Gasteiger charge is -2.16. The quantitative estimate of drug-likeness (QED) is 0.397. The number of nitrogens with one attached hydrogen (secondary N) is 1. The Kier molecular flexibility index (Phi) is 5.51. The maximum absolute atomic E-state index is 13.0. The number of aromatic nitrogens is 3. The van der Waals surface area contributed by atoms with Crippen LogP contribution < -0.4 is 5.32 Å². The second-order valence-electron chi connectivity index (χ2n) is 5.90. The number of hydrogen-bond donors (Lipinski definition) is 1. The van der Waals surface area contributed by atoms with E-state index in [4.69, 9.17) is 0 Å². The van der Waals surface area contributed by atoms with E-state index in [9.17, 15) is 14.9 Å². The molecule has 0 bridgehead atoms. The summed E-state index contributed by atoms with van der Waals surface area (Å²) in [4.78, 5) is 23.8. The van der Waals surface area contributed by atoms with E-state index in [1.807, 2.05) is 30.3 Å². The maximum Gasteiger partial charge on any atom is 0.293 e. The smallest absolute Gasteiger partial charge is 0.293 e. The summed E-state index contributed by atoms with van der Waals surface area (Å²) in [5.41, 5.74) is 1.53. The van der Waals surface area contributed by atoms with Crippen molar-refractivity contribution in [2.75, 3.05) is 5.32 Å². The average molecular weight is 383 g/mol. The number of nitrogens with zero attached hydrogens (tertiary/aromatic N) is 4. The second-order valence-corrected chi connectivity index (χ2v) is 6.97. The molecule has 1 atom stereocenters. The SMILES string of the molecule is Cc1ccc(NC(=O)[C@@H](Sc2nncn2C)c2ccccc2)c([N+](=O)[O-])c1. The summed E-state index contributed by atoms with van der Waals surface area (Å²) in [6.07, 6.45) is 1.55. The van der Waals surface area contributed by atoms with Crippen molar-refractivity contribution in [1.29, 1.82) is 0 Å². The maximum atomic E-state index is 13.0. The third-order valence-electron chi connectivity index (χ3n) is 3.84. The number of benzene rings is 2. The van der Waals surface area contributed by atoms with Crippen LogP contribution in [0.15, 0.2) is 60.0 Å². The fraction of sp³-hybridized carbons (Fsp3) is 0.167. The molecule has 0 unspecified atom stereocenters. The molecule has 1 N–H and O–H groups in total. The summed E-state index contributed by atoms with van der Waals surface area (Å²) < 4.78 is 1.71. The second kappa shape index (κ2) is 8.00. The number of rotatable bonds is 6. The predicted octanol–water partition coefficient (Wildman–Crippen LogP) is 3.50. The highest BCUT2D eigenvalue weighted by Crippen LogP contribution is 2.36. The van der Waals surface area contributed by atoms with Crippen molar-refractivity contribution in [3.63, 3.8) is 0 Å². The molecule has 27 heavy (non-hydrogen) atoms. The van der Waals surface area contributed by atoms with Gasteiger partial charge in [0.2, 0.25) is 5.91 Å². The average Bonchev–Trinajstić information content (AvgIpc) is 3.06. The standard InChI is InChI=1S/C18H17N5O3S/c1-12-8-9-14(15(10-12)23(25)26)20-17(24)16(13-6-4-3-5-7-13)27-18-21-19-11-22(18)2/h3-11,16H,1-2H3,(H,20,24)/t16-/m0/s1. The van der Waals surface area contributed by atoms with Gasteiger partial charge < -0.3 is 9.88 Å². The van der Waals surface area contributed by atoms with Crippen LogP contribution in [-0.2, 0) is 11.8 Å². The minimum atomic E-state index is -0.644. The predicted molar refractivity (Wildman–Crippen MR) is 103 cm³/mol. The number of aryl methyl sites for hydroxylation is 2. The van der Waals surface area contributed by atoms with Gasteiger partial charge in [-0.05, 0) is 24.1 Å². The molecule has 3 rings (SSSR count). The lowest BCUT2D eigenvalue weighted by Crippen LogP contribution is -2.20. The van der Waals surface area contributed by atoms with Gasteiger partial charge in [0.05, 0.1) is 4.92 Å². The number of hydrogen-bond acceptors (Lipinski definition) is 6. The van der Waals surface area contributed by atoms with Gasteiger partial charge in [-0.3, -0.25) is 14.9 Å². The van der Waals surface area contributed by atoms with Crippen LogP contribution in [0.5, 0.6) is 0 Å². The summed E-state index contributed by atoms with van der Waals surface area (Å²) in [6.45, 7) is 1.76. The first kappa shape index (κ1) is 18.6. The zero-order valence-electron chi connectivity index (χ0n) is 14.7. The molecule has 0 aliphatic heterocycles. The molecule has 2 aromatic carbocycles. The summed E-state index contributed by atoms with van der Waals surface area (Å²) >= 11 is 1.23. The van der Waals surface area contributed by atoms with Crippen molar-refractivity contribution < 1.29 is 9.72 Å². The third-order valence-corrected chi connectivity index (χ3v) is 5.14. The van der Waals surface area contributed by atoms with Crippen LogP contribution in [0, 0.1) is 17.0 Å². The minimum Gasteiger partial charge on any atom is -0.319 e. The summed E-state index contributed by atoms with van der Waals surface area (Å²) in [5.74, 6) is -0.374. The van der Waals surface area contributed by atoms with Gasteiger partial charge in [0.25, 0.3) is 5.69 Å². The van der Waals surface area contributed by atoms with E-state index in [-0.39, 0.29) is 17.3 Å². The highest BCUT2D eigenvalue weighted by atomic mass is 32.2. The van der Waals surface area contributed by atoms with Crippen molar-refractivity contribution in [3.05, 3.63) is 76.1 Å². The van der Waals surface area contributed by atoms with Crippen LogP contribution in [0.1, 0.15) is 16.4 Å². The fourth-order valence-electron chi connectivity index (χ4n) is 2.48. The van der Waals surface area contributed by atoms with Gasteiger partial charge in [0.1, 0.15) is 17.3 Å². The van der Waals surface area contributed by atoms with E-state index in [0.717, 1.165) is 11.1 Å². The monoisotopic (exact) mass is 383 g/mol. The van der Waals surface area contributed by atoms with Crippen LogP contribution in [-0.4, -0.2) is 25.6 Å². The normalized spacial score (nSPS) is 11.8. The fourth-order valence-corrected chi connectivity index (χ4v) is 3.46. The third kappa shape index (κ3) is 4.32. The molecule has 3 aromatic rings. The van der Waals surface area contributed by atoms with Crippen LogP contribution in [0.4, 0.5) is 11.4 Å². The molecule has 0 aliphatic rings. The molecule has 0 fully saturated rings. The van der Waals surface area contributed by atoms with Gasteiger partial charge in [-0.2, -0.15) is 0 Å². The minimum absolute atomic E-state index is 0.140. The van der Waals surface area contributed by atoms with Crippen molar-refractivity contribution >= 4 is 29.0 Å². The Morgan fingerprint density at radius 1 is 1.26 bits per heavy atom. The van der Waals surface area contributed by atoms with Crippen molar-refractivity contribution in [1.82, 2.24) is 14.8 Å². The highest BCUT2D eigenvalue weighted by molar-refractivity contribution is 8.00. The van der Waals surface area contributed by atoms with Gasteiger partial charge in [-0.15, -0.1) is 10.2 Å². The van der Waals surface area contributed by atoms with Gasteiger partial charge in [0, 0.05) is 13.1 Å². The van der Waals surface area contributed by atoms with Crippen LogP contribution >= 0.6 is 11.8 Å². The number of amides is 1. The first-order chi connectivity index (χ1) is 13.0. The zero-order chi connectivity index (χ0) is 19.4. The molecule has 1 amide bonds. The molecule has 8 nitrogen and oxygen atoms in total. The zero-order valence-corrected chi connectivity index (χ0v) is 15.5. The van der Waals surface area contributed by atoms with Crippen molar-refractivity contribution in [2.24, 2.45) is 7.05 Å². The molecule has 0 saturated heterocycles. The van der Waals surface area contributed by atoms with Crippen molar-refractivity contribution in [3.8, 4) is 0 Å². The Hall–Kier alpha value is -3.20. The first-order valence-electron chi connectivity index (χ1n) is 8.07. The molecule has 1 heterocycles. The Morgan fingerprint density at radius 2 is 2.00 bits per heavy atom. The molecule has 138 valence electrons. The molecular formula is C18H17N5O3S. The summed E-state index contributed by atoms with van der Waals surface area (Å²) in [7, 11) is 1.78. The van der Waals surface area contributed by atoms with E-state index in [1.165, 1.54) is 17.8 Å². The number of thioether (sulfide) groups is 1. The van der Waals surface area contributed by atoms with E-state index >= 15 is 0 Å². The van der Waals surface area contributed by atoms with Crippen LogP contribution in [0.3, 0.4) is 0 Å². The molecule has 0 radical (unpaired) electrons. The topological polar surface area (TPSA) is 103 Å². The molecular weight excluding hydrogens is 366 g/mol. The number of anilines is 1. The van der Waals surface area contributed by atoms with E-state index in [0.29, 0.717) is 5.16 Å². The molecule has 9 heteroatoms. The van der Waals surface area contributed by atoms with Gasteiger partial charge in [0.15, 0.2) is 5.16 Å². The van der Waals surface area contributed by atoms with Gasteiger partial charge in [-0.25, -0.2) is 0 Å². The Bertz CT molecular complexity index is 974. The Morgan fingerprint density at radius 3 is 2.63 bits per heavy atom. The van der Waals surface area contributed by atoms with E-state index in [1.54, 1.807) is 37.0 Å². The van der Waals surface area contributed by atoms with Crippen molar-refractivity contribution in [2.45, 2.75) is 17.3 Å². The molecule has 1 aromatic heterocycles. The van der Waals surface area contributed by atoms with Gasteiger partial charge in [-0.1, -0.05) is 48.2 Å². The van der Waals surface area contributed by atoms with Crippen LogP contribution in [0.25, 0.3) is 0 Å². The van der Waals surface area contributed by atoms with Gasteiger partial charge >= 0.3 is 0 Å². The number of carbonyl (C=O) groups excluding carboxylic acids is 1. The first-order valence-corrected chi connectivity index (χ1v) is 8.95. The highest BCUT2D eigenvalue weighted by Gasteiger charge is 2.26. The number of carbonyl (C=O) groups is 1. The lowest BCUT2D eigenvalue weighted by molar-refractivity contribution is -0.384. The molecule has 0 spiro atoms. The summed E-state index contributed by atoms with van der Waals surface area (Å²) in [6, 6.07) is 13.9. The number of nitro groups is 1. The molecule has 0 aliphatic carbocycles. The Labute approximate surface area is 159 Å².